The van der Waals surface area contributed by atoms with E-state index in [1.54, 1.807) is 24.3 Å². The molecule has 0 saturated heterocycles. The Kier molecular flexibility index (Phi) is 5.60. The number of aliphatic hydroxyl groups excluding tert-OH is 2. The minimum atomic E-state index is -1.35. The van der Waals surface area contributed by atoms with Gasteiger partial charge in [0.1, 0.15) is 17.8 Å². The number of rotatable bonds is 6. The van der Waals surface area contributed by atoms with Crippen molar-refractivity contribution in [1.82, 2.24) is 4.90 Å². The summed E-state index contributed by atoms with van der Waals surface area (Å²) in [5.74, 6) is -2.44. The Morgan fingerprint density at radius 2 is 1.86 bits per heavy atom. The van der Waals surface area contributed by atoms with Gasteiger partial charge in [-0.05, 0) is 23.3 Å². The van der Waals surface area contributed by atoms with Crippen LogP contribution in [0.1, 0.15) is 17.2 Å². The first-order valence-electron chi connectivity index (χ1n) is 8.51. The lowest BCUT2D eigenvalue weighted by molar-refractivity contribution is -0.122. The van der Waals surface area contributed by atoms with Crippen LogP contribution < -0.4 is 5.73 Å². The highest BCUT2D eigenvalue weighted by Gasteiger charge is 2.39. The van der Waals surface area contributed by atoms with Gasteiger partial charge in [0.05, 0.1) is 0 Å². The van der Waals surface area contributed by atoms with Gasteiger partial charge < -0.3 is 25.6 Å². The lowest BCUT2D eigenvalue weighted by atomic mass is 10.0. The minimum absolute atomic E-state index is 0.0801. The van der Waals surface area contributed by atoms with Crippen molar-refractivity contribution >= 4 is 11.7 Å². The number of halogens is 1. The molecule has 0 saturated carbocycles. The van der Waals surface area contributed by atoms with Crippen LogP contribution in [-0.2, 0) is 16.1 Å². The van der Waals surface area contributed by atoms with Crippen molar-refractivity contribution in [3.05, 3.63) is 83.2 Å². The third-order valence-electron chi connectivity index (χ3n) is 4.42. The maximum Gasteiger partial charge on any atom is 0.254 e. The first-order chi connectivity index (χ1) is 13.4. The van der Waals surface area contributed by atoms with E-state index in [0.29, 0.717) is 5.56 Å². The number of nitrogens with two attached hydrogens (primary N) is 1. The summed E-state index contributed by atoms with van der Waals surface area (Å²) in [4.78, 5) is 17.6. The molecule has 0 bridgehead atoms. The number of benzene rings is 2. The van der Waals surface area contributed by atoms with E-state index in [0.717, 1.165) is 5.56 Å². The Hall–Kier alpha value is -3.39. The molecule has 2 atom stereocenters. The third kappa shape index (κ3) is 3.81. The summed E-state index contributed by atoms with van der Waals surface area (Å²) in [6.45, 7) is 0.0801. The molecule has 0 aliphatic carbocycles. The number of methoxy groups -OCH3 is 1. The molecule has 28 heavy (non-hydrogen) atoms. The number of amides is 1. The summed E-state index contributed by atoms with van der Waals surface area (Å²) in [5, 5.41) is 20.3. The first-order valence-corrected chi connectivity index (χ1v) is 8.51. The van der Waals surface area contributed by atoms with Gasteiger partial charge in [-0.15, -0.1) is 0 Å². The number of nitrogens with zero attached hydrogens (tertiary/aromatic N) is 2. The highest BCUT2D eigenvalue weighted by atomic mass is 19.1. The average Bonchev–Trinajstić information content (AvgIpc) is 2.68. The second-order valence-electron chi connectivity index (χ2n) is 6.26. The van der Waals surface area contributed by atoms with E-state index in [2.05, 4.69) is 4.99 Å². The molecule has 7 nitrogen and oxygen atoms in total. The van der Waals surface area contributed by atoms with Crippen molar-refractivity contribution in [1.29, 1.82) is 0 Å². The van der Waals surface area contributed by atoms with E-state index in [1.807, 2.05) is 18.2 Å². The number of carbonyl (C=O) groups is 1. The Morgan fingerprint density at radius 1 is 1.21 bits per heavy atom. The van der Waals surface area contributed by atoms with E-state index in [4.69, 9.17) is 10.5 Å². The standard InChI is InChI=1S/C20H20FN3O4/c1-28-17(13-5-3-2-4-6-13)19-23-20(27)16(25)15(18(22)26)24(19)11-12-7-9-14(21)10-8-12/h2-10,15,17,25,27H,11H2,1H3,(H2,22,26). The molecule has 1 amide bonds. The Labute approximate surface area is 161 Å². The van der Waals surface area contributed by atoms with Crippen molar-refractivity contribution in [2.24, 2.45) is 10.7 Å². The maximum atomic E-state index is 13.3. The monoisotopic (exact) mass is 385 g/mol. The number of hydrogen-bond acceptors (Lipinski definition) is 6. The molecule has 1 aliphatic rings. The maximum absolute atomic E-state index is 13.3. The van der Waals surface area contributed by atoms with Gasteiger partial charge in [-0.1, -0.05) is 42.5 Å². The second-order valence-corrected chi connectivity index (χ2v) is 6.26. The number of aliphatic imine (C=N–C) groups is 1. The molecule has 1 heterocycles. The van der Waals surface area contributed by atoms with Crippen LogP contribution in [0.2, 0.25) is 0 Å². The fraction of sp³-hybridized carbons (Fsp3) is 0.200. The quantitative estimate of drug-likeness (QED) is 0.708. The fourth-order valence-corrected chi connectivity index (χ4v) is 3.11. The third-order valence-corrected chi connectivity index (χ3v) is 4.42. The molecule has 146 valence electrons. The number of hydrogen-bond donors (Lipinski definition) is 3. The van der Waals surface area contributed by atoms with Gasteiger partial charge in [0.2, 0.25) is 5.91 Å². The Bertz CT molecular complexity index is 913. The summed E-state index contributed by atoms with van der Waals surface area (Å²) in [6.07, 6.45) is -0.737. The molecule has 0 fully saturated rings. The normalized spacial score (nSPS) is 18.0. The van der Waals surface area contributed by atoms with Crippen LogP contribution in [0.4, 0.5) is 4.39 Å². The zero-order valence-corrected chi connectivity index (χ0v) is 15.1. The minimum Gasteiger partial charge on any atom is -0.505 e. The van der Waals surface area contributed by atoms with Crippen LogP contribution in [0.3, 0.4) is 0 Å². The Balaban J connectivity index is 2.07. The van der Waals surface area contributed by atoms with Crippen LogP contribution in [0.25, 0.3) is 0 Å². The number of amidine groups is 1. The predicted molar refractivity (Wildman–Crippen MR) is 101 cm³/mol. The highest BCUT2D eigenvalue weighted by Crippen LogP contribution is 2.29. The number of aliphatic hydroxyl groups is 2. The smallest absolute Gasteiger partial charge is 0.254 e. The molecule has 1 aliphatic heterocycles. The molecule has 4 N–H and O–H groups in total. The van der Waals surface area contributed by atoms with Gasteiger partial charge in [0, 0.05) is 13.7 Å². The van der Waals surface area contributed by atoms with Crippen molar-refractivity contribution in [3.63, 3.8) is 0 Å². The molecule has 3 rings (SSSR count). The van der Waals surface area contributed by atoms with Gasteiger partial charge in [0.25, 0.3) is 5.88 Å². The largest absolute Gasteiger partial charge is 0.505 e. The van der Waals surface area contributed by atoms with Gasteiger partial charge in [-0.25, -0.2) is 4.39 Å². The molecule has 8 heteroatoms. The van der Waals surface area contributed by atoms with E-state index < -0.39 is 35.5 Å². The second kappa shape index (κ2) is 8.10. The van der Waals surface area contributed by atoms with Gasteiger partial charge in [0.15, 0.2) is 11.8 Å². The summed E-state index contributed by atoms with van der Waals surface area (Å²) in [5.41, 5.74) is 6.87. The summed E-state index contributed by atoms with van der Waals surface area (Å²) in [6, 6.07) is 13.4. The molecular weight excluding hydrogens is 365 g/mol. The van der Waals surface area contributed by atoms with E-state index in [9.17, 15) is 19.4 Å². The van der Waals surface area contributed by atoms with Crippen molar-refractivity contribution in [2.75, 3.05) is 7.11 Å². The van der Waals surface area contributed by atoms with Crippen LogP contribution in [0, 0.1) is 5.82 Å². The van der Waals surface area contributed by atoms with Crippen molar-refractivity contribution < 1.29 is 24.1 Å². The molecule has 2 aromatic rings. The van der Waals surface area contributed by atoms with Gasteiger partial charge in [-0.3, -0.25) is 4.79 Å². The summed E-state index contributed by atoms with van der Waals surface area (Å²) < 4.78 is 18.8. The van der Waals surface area contributed by atoms with Crippen LogP contribution in [-0.4, -0.2) is 40.0 Å². The van der Waals surface area contributed by atoms with Crippen LogP contribution >= 0.6 is 0 Å². The fourth-order valence-electron chi connectivity index (χ4n) is 3.11. The molecule has 2 unspecified atom stereocenters. The SMILES string of the molecule is COC(C1=NC(O)=C(O)C(C(N)=O)N1Cc1ccc(F)cc1)c1ccccc1. The molecule has 0 aromatic heterocycles. The van der Waals surface area contributed by atoms with E-state index >= 15 is 0 Å². The van der Waals surface area contributed by atoms with Crippen molar-refractivity contribution in [3.8, 4) is 0 Å². The Morgan fingerprint density at radius 3 is 2.43 bits per heavy atom. The molecule has 2 aromatic carbocycles. The topological polar surface area (TPSA) is 108 Å². The van der Waals surface area contributed by atoms with Crippen LogP contribution in [0.5, 0.6) is 0 Å². The van der Waals surface area contributed by atoms with Crippen molar-refractivity contribution in [2.45, 2.75) is 18.7 Å². The lowest BCUT2D eigenvalue weighted by Crippen LogP contribution is -2.52. The first kappa shape index (κ1) is 19.4. The predicted octanol–water partition coefficient (Wildman–Crippen LogP) is 2.57. The summed E-state index contributed by atoms with van der Waals surface area (Å²) >= 11 is 0. The van der Waals surface area contributed by atoms with Crippen LogP contribution in [0.15, 0.2) is 71.2 Å². The molecule has 0 radical (unpaired) electrons. The number of carbonyl (C=O) groups excluding carboxylic acids is 1. The van der Waals surface area contributed by atoms with Gasteiger partial charge >= 0.3 is 0 Å². The zero-order chi connectivity index (χ0) is 20.3. The molecular formula is C20H20FN3O4. The lowest BCUT2D eigenvalue weighted by Gasteiger charge is -2.37. The highest BCUT2D eigenvalue weighted by molar-refractivity contribution is 5.95. The van der Waals surface area contributed by atoms with E-state index in [1.165, 1.54) is 24.1 Å². The number of ether oxygens (including phenoxy) is 1. The zero-order valence-electron chi connectivity index (χ0n) is 15.1. The summed E-state index contributed by atoms with van der Waals surface area (Å²) in [7, 11) is 1.46. The number of primary amides is 1. The van der Waals surface area contributed by atoms with E-state index in [-0.39, 0.29) is 12.4 Å². The average molecular weight is 385 g/mol. The molecule has 0 spiro atoms. The van der Waals surface area contributed by atoms with Gasteiger partial charge in [-0.2, -0.15) is 4.99 Å².